The Labute approximate surface area is 93.8 Å². The van der Waals surface area contributed by atoms with E-state index in [4.69, 9.17) is 28.9 Å². The van der Waals surface area contributed by atoms with Crippen molar-refractivity contribution in [3.63, 3.8) is 0 Å². The minimum absolute atomic E-state index is 0. The van der Waals surface area contributed by atoms with E-state index in [0.717, 1.165) is 12.2 Å². The number of anilines is 1. The van der Waals surface area contributed by atoms with Gasteiger partial charge in [0.1, 0.15) is 0 Å². The van der Waals surface area contributed by atoms with Crippen LogP contribution >= 0.6 is 35.6 Å². The van der Waals surface area contributed by atoms with E-state index in [1.807, 2.05) is 6.07 Å². The van der Waals surface area contributed by atoms with Crippen LogP contribution in [0.3, 0.4) is 0 Å². The minimum Gasteiger partial charge on any atom is -0.384 e. The Balaban J connectivity index is 0.00000144. The lowest BCUT2D eigenvalue weighted by atomic mass is 10.3. The van der Waals surface area contributed by atoms with Gasteiger partial charge in [-0.3, -0.25) is 0 Å². The van der Waals surface area contributed by atoms with Crippen LogP contribution in [0.2, 0.25) is 10.0 Å². The smallest absolute Gasteiger partial charge is 0.0612 e. The van der Waals surface area contributed by atoms with Crippen molar-refractivity contribution in [2.45, 2.75) is 0 Å². The van der Waals surface area contributed by atoms with Gasteiger partial charge >= 0.3 is 0 Å². The second-order valence-corrected chi connectivity index (χ2v) is 3.16. The van der Waals surface area contributed by atoms with Gasteiger partial charge in [-0.05, 0) is 18.2 Å². The summed E-state index contributed by atoms with van der Waals surface area (Å²) in [6, 6.07) is 5.40. The van der Waals surface area contributed by atoms with Gasteiger partial charge < -0.3 is 11.1 Å². The Hall–Kier alpha value is -0.150. The molecule has 0 aliphatic heterocycles. The second kappa shape index (κ2) is 6.33. The largest absolute Gasteiger partial charge is 0.384 e. The zero-order chi connectivity index (χ0) is 8.97. The molecule has 1 aromatic rings. The maximum atomic E-state index is 5.79. The van der Waals surface area contributed by atoms with Crippen LogP contribution in [0.4, 0.5) is 5.69 Å². The third kappa shape index (κ3) is 4.05. The summed E-state index contributed by atoms with van der Waals surface area (Å²) in [7, 11) is 0. The number of nitrogens with two attached hydrogens (primary N) is 1. The molecule has 0 aromatic heterocycles. The molecule has 3 N–H and O–H groups in total. The van der Waals surface area contributed by atoms with Crippen LogP contribution in [-0.4, -0.2) is 13.1 Å². The van der Waals surface area contributed by atoms with Gasteiger partial charge in [0.2, 0.25) is 0 Å². The van der Waals surface area contributed by atoms with Crippen molar-refractivity contribution in [3.05, 3.63) is 28.2 Å². The summed E-state index contributed by atoms with van der Waals surface area (Å²) in [5, 5.41) is 4.21. The van der Waals surface area contributed by atoms with Gasteiger partial charge in [-0.1, -0.05) is 23.2 Å². The molecule has 5 heteroatoms. The van der Waals surface area contributed by atoms with E-state index in [2.05, 4.69) is 5.32 Å². The summed E-state index contributed by atoms with van der Waals surface area (Å²) in [6.45, 7) is 1.33. The van der Waals surface area contributed by atoms with Crippen molar-refractivity contribution >= 4 is 41.3 Å². The topological polar surface area (TPSA) is 38.0 Å². The zero-order valence-electron chi connectivity index (χ0n) is 6.89. The van der Waals surface area contributed by atoms with E-state index < -0.39 is 0 Å². The summed E-state index contributed by atoms with van der Waals surface area (Å²) in [6.07, 6.45) is 0. The fourth-order valence-electron chi connectivity index (χ4n) is 0.823. The Morgan fingerprint density at radius 1 is 1.23 bits per heavy atom. The lowest BCUT2D eigenvalue weighted by molar-refractivity contribution is 1.02. The zero-order valence-corrected chi connectivity index (χ0v) is 9.22. The highest BCUT2D eigenvalue weighted by atomic mass is 35.5. The number of hydrogen-bond donors (Lipinski definition) is 2. The van der Waals surface area contributed by atoms with E-state index in [1.165, 1.54) is 0 Å². The average molecular weight is 242 g/mol. The Morgan fingerprint density at radius 2 is 1.92 bits per heavy atom. The van der Waals surface area contributed by atoms with Crippen molar-refractivity contribution in [1.82, 2.24) is 0 Å². The van der Waals surface area contributed by atoms with Crippen molar-refractivity contribution < 1.29 is 0 Å². The number of hydrogen-bond acceptors (Lipinski definition) is 2. The third-order valence-electron chi connectivity index (χ3n) is 1.39. The van der Waals surface area contributed by atoms with Crippen molar-refractivity contribution in [3.8, 4) is 0 Å². The Morgan fingerprint density at radius 3 is 2.46 bits per heavy atom. The molecule has 0 bridgehead atoms. The van der Waals surface area contributed by atoms with Crippen molar-refractivity contribution in [2.24, 2.45) is 5.73 Å². The molecule has 0 atom stereocenters. The normalized spacial score (nSPS) is 9.15. The predicted octanol–water partition coefficient (Wildman–Crippen LogP) is 2.79. The molecule has 1 aromatic carbocycles. The average Bonchev–Trinajstić information content (AvgIpc) is 2.07. The van der Waals surface area contributed by atoms with E-state index in [1.54, 1.807) is 12.1 Å². The first-order valence-corrected chi connectivity index (χ1v) is 4.38. The van der Waals surface area contributed by atoms with E-state index in [-0.39, 0.29) is 12.4 Å². The van der Waals surface area contributed by atoms with E-state index in [0.29, 0.717) is 16.6 Å². The molecule has 0 fully saturated rings. The number of rotatable bonds is 3. The molecule has 0 aliphatic rings. The Bertz CT molecular complexity index is 266. The molecule has 0 saturated carbocycles. The number of benzene rings is 1. The molecule has 0 spiro atoms. The highest BCUT2D eigenvalue weighted by Gasteiger charge is 1.97. The predicted molar refractivity (Wildman–Crippen MR) is 61.3 cm³/mol. The molecule has 0 aliphatic carbocycles. The minimum atomic E-state index is 0. The highest BCUT2D eigenvalue weighted by molar-refractivity contribution is 6.42. The maximum Gasteiger partial charge on any atom is 0.0612 e. The first-order chi connectivity index (χ1) is 5.74. The molecule has 2 nitrogen and oxygen atoms in total. The first kappa shape index (κ1) is 12.8. The fraction of sp³-hybridized carbons (Fsp3) is 0.250. The molecule has 0 radical (unpaired) electrons. The standard InChI is InChI=1S/C8H10Cl2N2.ClH/c9-7-2-1-6(5-8(7)10)12-4-3-11;/h1-2,5,12H,3-4,11H2;1H. The molecular weight excluding hydrogens is 230 g/mol. The van der Waals surface area contributed by atoms with Crippen molar-refractivity contribution in [1.29, 1.82) is 0 Å². The maximum absolute atomic E-state index is 5.79. The summed E-state index contributed by atoms with van der Waals surface area (Å²) < 4.78 is 0. The highest BCUT2D eigenvalue weighted by Crippen LogP contribution is 2.24. The first-order valence-electron chi connectivity index (χ1n) is 3.63. The van der Waals surface area contributed by atoms with Crippen LogP contribution in [0, 0.1) is 0 Å². The van der Waals surface area contributed by atoms with Crippen LogP contribution in [0.15, 0.2) is 18.2 Å². The van der Waals surface area contributed by atoms with Crippen LogP contribution < -0.4 is 11.1 Å². The fourth-order valence-corrected chi connectivity index (χ4v) is 1.12. The van der Waals surface area contributed by atoms with Crippen LogP contribution in [0.25, 0.3) is 0 Å². The molecule has 0 amide bonds. The van der Waals surface area contributed by atoms with Gasteiger partial charge in [-0.15, -0.1) is 12.4 Å². The molecule has 0 heterocycles. The number of nitrogens with one attached hydrogen (secondary N) is 1. The van der Waals surface area contributed by atoms with Crippen LogP contribution in [-0.2, 0) is 0 Å². The quantitative estimate of drug-likeness (QED) is 0.854. The van der Waals surface area contributed by atoms with Gasteiger partial charge in [0.05, 0.1) is 10.0 Å². The molecule has 0 saturated heterocycles. The van der Waals surface area contributed by atoms with Crippen LogP contribution in [0.1, 0.15) is 0 Å². The van der Waals surface area contributed by atoms with Gasteiger partial charge in [-0.2, -0.15) is 0 Å². The Kier molecular flexibility index (Phi) is 6.25. The lowest BCUT2D eigenvalue weighted by Crippen LogP contribution is -2.12. The summed E-state index contributed by atoms with van der Waals surface area (Å²) in [5.74, 6) is 0. The molecule has 1 rings (SSSR count). The van der Waals surface area contributed by atoms with E-state index >= 15 is 0 Å². The summed E-state index contributed by atoms with van der Waals surface area (Å²) in [4.78, 5) is 0. The summed E-state index contributed by atoms with van der Waals surface area (Å²) >= 11 is 11.5. The van der Waals surface area contributed by atoms with Crippen LogP contribution in [0.5, 0.6) is 0 Å². The number of halogens is 3. The van der Waals surface area contributed by atoms with Gasteiger partial charge in [0.15, 0.2) is 0 Å². The lowest BCUT2D eigenvalue weighted by Gasteiger charge is -2.04. The third-order valence-corrected chi connectivity index (χ3v) is 2.13. The van der Waals surface area contributed by atoms with Gasteiger partial charge in [0, 0.05) is 18.8 Å². The van der Waals surface area contributed by atoms with Crippen molar-refractivity contribution in [2.75, 3.05) is 18.4 Å². The SMILES string of the molecule is Cl.NCCNc1ccc(Cl)c(Cl)c1. The van der Waals surface area contributed by atoms with E-state index in [9.17, 15) is 0 Å². The molecule has 13 heavy (non-hydrogen) atoms. The monoisotopic (exact) mass is 240 g/mol. The van der Waals surface area contributed by atoms with Gasteiger partial charge in [0.25, 0.3) is 0 Å². The van der Waals surface area contributed by atoms with Gasteiger partial charge in [-0.25, -0.2) is 0 Å². The second-order valence-electron chi connectivity index (χ2n) is 2.34. The summed E-state index contributed by atoms with van der Waals surface area (Å²) in [5.41, 5.74) is 6.26. The molecular formula is C8H11Cl3N2. The molecule has 74 valence electrons. The molecule has 0 unspecified atom stereocenters.